The van der Waals surface area contributed by atoms with Crippen LogP contribution in [0.15, 0.2) is 21.1 Å². The van der Waals surface area contributed by atoms with Crippen molar-refractivity contribution < 1.29 is 4.79 Å². The van der Waals surface area contributed by atoms with Crippen LogP contribution in [-0.2, 0) is 0 Å². The summed E-state index contributed by atoms with van der Waals surface area (Å²) in [7, 11) is 0. The van der Waals surface area contributed by atoms with Gasteiger partial charge >= 0.3 is 0 Å². The van der Waals surface area contributed by atoms with E-state index in [0.29, 0.717) is 26.7 Å². The molecule has 1 aromatic carbocycles. The Labute approximate surface area is 105 Å². The molecule has 15 heavy (non-hydrogen) atoms. The number of hydrogen-bond acceptors (Lipinski definition) is 3. The number of anilines is 1. The lowest BCUT2D eigenvalue weighted by molar-refractivity contribution is 0.0763. The highest BCUT2D eigenvalue weighted by Gasteiger charge is 2.16. The molecule has 4 nitrogen and oxygen atoms in total. The molecule has 0 aromatic heterocycles. The van der Waals surface area contributed by atoms with Crippen LogP contribution in [0.2, 0.25) is 0 Å². The van der Waals surface area contributed by atoms with Crippen molar-refractivity contribution in [3.05, 3.63) is 26.6 Å². The van der Waals surface area contributed by atoms with E-state index in [9.17, 15) is 4.79 Å². The van der Waals surface area contributed by atoms with Gasteiger partial charge in [0.05, 0.1) is 10.0 Å². The van der Waals surface area contributed by atoms with Crippen molar-refractivity contribution in [1.29, 1.82) is 0 Å². The molecule has 0 aliphatic rings. The Morgan fingerprint density at radius 2 is 2.00 bits per heavy atom. The van der Waals surface area contributed by atoms with Crippen LogP contribution in [-0.4, -0.2) is 17.5 Å². The zero-order valence-corrected chi connectivity index (χ0v) is 11.3. The second kappa shape index (κ2) is 4.96. The van der Waals surface area contributed by atoms with Gasteiger partial charge in [-0.25, -0.2) is 5.84 Å². The number of amides is 1. The van der Waals surface area contributed by atoms with Gasteiger partial charge in [0.15, 0.2) is 0 Å². The lowest BCUT2D eigenvalue weighted by Gasteiger charge is -2.15. The predicted octanol–water partition coefficient (Wildman–Crippen LogP) is 2.13. The van der Waals surface area contributed by atoms with E-state index in [0.717, 1.165) is 5.01 Å². The highest BCUT2D eigenvalue weighted by molar-refractivity contribution is 9.13. The molecule has 0 aliphatic carbocycles. The SMILES string of the molecule is CCN(N)C(=O)c1ccc(N)c(Br)c1Br. The molecule has 4 N–H and O–H groups in total. The normalized spacial score (nSPS) is 10.1. The number of benzene rings is 1. The first kappa shape index (κ1) is 12.5. The molecule has 0 radical (unpaired) electrons. The molecular formula is C9H11Br2N3O. The number of nitrogens with zero attached hydrogens (tertiary/aromatic N) is 1. The molecule has 0 atom stereocenters. The van der Waals surface area contributed by atoms with Gasteiger partial charge in [-0.05, 0) is 50.9 Å². The van der Waals surface area contributed by atoms with Gasteiger partial charge in [0, 0.05) is 16.7 Å². The summed E-state index contributed by atoms with van der Waals surface area (Å²) in [6.45, 7) is 2.26. The Balaban J connectivity index is 3.16. The van der Waals surface area contributed by atoms with Crippen LogP contribution in [0.1, 0.15) is 17.3 Å². The minimum atomic E-state index is -0.245. The van der Waals surface area contributed by atoms with Gasteiger partial charge in [-0.2, -0.15) is 0 Å². The average Bonchev–Trinajstić information content (AvgIpc) is 2.24. The molecule has 0 saturated heterocycles. The van der Waals surface area contributed by atoms with Crippen LogP contribution >= 0.6 is 31.9 Å². The molecule has 1 amide bonds. The Kier molecular flexibility index (Phi) is 4.12. The summed E-state index contributed by atoms with van der Waals surface area (Å²) in [5, 5.41) is 1.14. The van der Waals surface area contributed by atoms with E-state index in [1.54, 1.807) is 19.1 Å². The Hall–Kier alpha value is -0.590. The maximum atomic E-state index is 11.8. The average molecular weight is 337 g/mol. The molecule has 0 unspecified atom stereocenters. The first-order chi connectivity index (χ1) is 6.99. The molecule has 0 heterocycles. The Bertz CT molecular complexity index is 395. The maximum Gasteiger partial charge on any atom is 0.268 e. The summed E-state index contributed by atoms with van der Waals surface area (Å²) in [5.41, 5.74) is 6.72. The van der Waals surface area contributed by atoms with Crippen LogP contribution in [0.5, 0.6) is 0 Å². The van der Waals surface area contributed by atoms with Gasteiger partial charge in [-0.1, -0.05) is 0 Å². The van der Waals surface area contributed by atoms with Gasteiger partial charge in [0.1, 0.15) is 0 Å². The second-order valence-corrected chi connectivity index (χ2v) is 4.51. The van der Waals surface area contributed by atoms with Crippen LogP contribution in [0, 0.1) is 0 Å². The Morgan fingerprint density at radius 3 is 2.53 bits per heavy atom. The summed E-state index contributed by atoms with van der Waals surface area (Å²) < 4.78 is 1.29. The minimum Gasteiger partial charge on any atom is -0.398 e. The first-order valence-electron chi connectivity index (χ1n) is 4.29. The number of carbonyl (C=O) groups excluding carboxylic acids is 1. The molecule has 0 fully saturated rings. The van der Waals surface area contributed by atoms with Crippen molar-refractivity contribution in [2.75, 3.05) is 12.3 Å². The van der Waals surface area contributed by atoms with Crippen molar-refractivity contribution in [3.8, 4) is 0 Å². The monoisotopic (exact) mass is 335 g/mol. The summed E-state index contributed by atoms with van der Waals surface area (Å²) >= 11 is 6.59. The van der Waals surface area contributed by atoms with E-state index < -0.39 is 0 Å². The first-order valence-corrected chi connectivity index (χ1v) is 5.87. The van der Waals surface area contributed by atoms with Crippen molar-refractivity contribution >= 4 is 43.5 Å². The summed E-state index contributed by atoms with van der Waals surface area (Å²) in [5.74, 6) is 5.28. The topological polar surface area (TPSA) is 72.3 Å². The minimum absolute atomic E-state index is 0.245. The van der Waals surface area contributed by atoms with E-state index in [1.807, 2.05) is 0 Å². The molecule has 0 saturated carbocycles. The third-order valence-corrected chi connectivity index (χ3v) is 4.15. The van der Waals surface area contributed by atoms with Crippen LogP contribution in [0.25, 0.3) is 0 Å². The van der Waals surface area contributed by atoms with E-state index in [1.165, 1.54) is 0 Å². The van der Waals surface area contributed by atoms with Crippen LogP contribution in [0.3, 0.4) is 0 Å². The highest BCUT2D eigenvalue weighted by atomic mass is 79.9. The molecule has 0 aliphatic heterocycles. The zero-order valence-electron chi connectivity index (χ0n) is 8.13. The molecule has 6 heteroatoms. The quantitative estimate of drug-likeness (QED) is 0.376. The van der Waals surface area contributed by atoms with E-state index >= 15 is 0 Å². The fourth-order valence-electron chi connectivity index (χ4n) is 1.03. The standard InChI is InChI=1S/C9H11Br2N3O/c1-2-14(13)9(15)5-3-4-6(12)8(11)7(5)10/h3-4H,2,12-13H2,1H3. The molecular weight excluding hydrogens is 326 g/mol. The summed E-state index contributed by atoms with van der Waals surface area (Å²) in [4.78, 5) is 11.8. The van der Waals surface area contributed by atoms with E-state index in [-0.39, 0.29) is 5.91 Å². The smallest absolute Gasteiger partial charge is 0.268 e. The van der Waals surface area contributed by atoms with Gasteiger partial charge < -0.3 is 5.73 Å². The predicted molar refractivity (Wildman–Crippen MR) is 67.2 cm³/mol. The molecule has 82 valence electrons. The summed E-state index contributed by atoms with van der Waals surface area (Å²) in [6.07, 6.45) is 0. The number of carbonyl (C=O) groups is 1. The highest BCUT2D eigenvalue weighted by Crippen LogP contribution is 2.32. The van der Waals surface area contributed by atoms with Crippen LogP contribution in [0.4, 0.5) is 5.69 Å². The van der Waals surface area contributed by atoms with E-state index in [2.05, 4.69) is 31.9 Å². The van der Waals surface area contributed by atoms with Gasteiger partial charge in [0.25, 0.3) is 5.91 Å². The number of hydrazine groups is 1. The molecule has 1 rings (SSSR count). The van der Waals surface area contributed by atoms with Crippen molar-refractivity contribution in [1.82, 2.24) is 5.01 Å². The number of nitrogen functional groups attached to an aromatic ring is 1. The molecule has 1 aromatic rings. The lowest BCUT2D eigenvalue weighted by Crippen LogP contribution is -2.37. The molecule has 0 spiro atoms. The number of nitrogens with two attached hydrogens (primary N) is 2. The fraction of sp³-hybridized carbons (Fsp3) is 0.222. The van der Waals surface area contributed by atoms with Gasteiger partial charge in [-0.3, -0.25) is 9.80 Å². The van der Waals surface area contributed by atoms with Gasteiger partial charge in [0.2, 0.25) is 0 Å². The second-order valence-electron chi connectivity index (χ2n) is 2.92. The van der Waals surface area contributed by atoms with Crippen molar-refractivity contribution in [2.45, 2.75) is 6.92 Å². The third-order valence-electron chi connectivity index (χ3n) is 1.94. The zero-order chi connectivity index (χ0) is 11.6. The van der Waals surface area contributed by atoms with Gasteiger partial charge in [-0.15, -0.1) is 0 Å². The number of rotatable bonds is 2. The summed E-state index contributed by atoms with van der Waals surface area (Å²) in [6, 6.07) is 3.30. The fourth-order valence-corrected chi connectivity index (χ4v) is 1.90. The number of halogens is 2. The maximum absolute atomic E-state index is 11.8. The number of hydrogen-bond donors (Lipinski definition) is 2. The Morgan fingerprint density at radius 1 is 1.40 bits per heavy atom. The third kappa shape index (κ3) is 2.50. The van der Waals surface area contributed by atoms with Crippen LogP contribution < -0.4 is 11.6 Å². The van der Waals surface area contributed by atoms with Crippen molar-refractivity contribution in [2.24, 2.45) is 5.84 Å². The molecule has 0 bridgehead atoms. The largest absolute Gasteiger partial charge is 0.398 e. The lowest BCUT2D eigenvalue weighted by atomic mass is 10.2. The van der Waals surface area contributed by atoms with E-state index in [4.69, 9.17) is 11.6 Å². The van der Waals surface area contributed by atoms with Crippen molar-refractivity contribution in [3.63, 3.8) is 0 Å².